The van der Waals surface area contributed by atoms with Crippen molar-refractivity contribution in [3.8, 4) is 0 Å². The standard InChI is InChI=1S/C21H21Cl2N3O3/c1-13-8-9-15(22)18(17(13)23)24-16(27)12-26-19(28)21(2,25-20(26)29)11-10-14-6-4-3-5-7-14/h3-9H,10-12H2,1-2H3,(H,24,27)(H,25,29). The van der Waals surface area contributed by atoms with Crippen LogP contribution in [0.2, 0.25) is 10.0 Å². The molecule has 3 rings (SSSR count). The molecule has 2 N–H and O–H groups in total. The molecule has 1 atom stereocenters. The van der Waals surface area contributed by atoms with Crippen LogP contribution >= 0.6 is 23.2 Å². The Morgan fingerprint density at radius 2 is 1.83 bits per heavy atom. The normalized spacial score (nSPS) is 18.7. The molecule has 2 aromatic rings. The van der Waals surface area contributed by atoms with Crippen LogP contribution in [0.15, 0.2) is 42.5 Å². The van der Waals surface area contributed by atoms with E-state index in [4.69, 9.17) is 23.2 Å². The lowest BCUT2D eigenvalue weighted by atomic mass is 9.93. The van der Waals surface area contributed by atoms with Gasteiger partial charge in [-0.05, 0) is 43.9 Å². The van der Waals surface area contributed by atoms with Crippen LogP contribution in [0, 0.1) is 6.92 Å². The average Bonchev–Trinajstić information content (AvgIpc) is 2.91. The summed E-state index contributed by atoms with van der Waals surface area (Å²) in [5, 5.41) is 5.89. The highest BCUT2D eigenvalue weighted by Gasteiger charge is 2.47. The van der Waals surface area contributed by atoms with E-state index in [1.54, 1.807) is 26.0 Å². The summed E-state index contributed by atoms with van der Waals surface area (Å²) in [4.78, 5) is 38.6. The fraction of sp³-hybridized carbons (Fsp3) is 0.286. The van der Waals surface area contributed by atoms with E-state index in [-0.39, 0.29) is 10.7 Å². The lowest BCUT2D eigenvalue weighted by Crippen LogP contribution is -2.45. The second-order valence-electron chi connectivity index (χ2n) is 7.24. The molecule has 0 aromatic heterocycles. The molecule has 0 spiro atoms. The van der Waals surface area contributed by atoms with E-state index in [9.17, 15) is 14.4 Å². The largest absolute Gasteiger partial charge is 0.325 e. The number of nitrogens with one attached hydrogen (secondary N) is 2. The molecule has 6 nitrogen and oxygen atoms in total. The lowest BCUT2D eigenvalue weighted by molar-refractivity contribution is -0.133. The number of hydrogen-bond donors (Lipinski definition) is 2. The molecule has 29 heavy (non-hydrogen) atoms. The van der Waals surface area contributed by atoms with Crippen LogP contribution in [0.3, 0.4) is 0 Å². The first-order valence-corrected chi connectivity index (χ1v) is 9.89. The monoisotopic (exact) mass is 433 g/mol. The van der Waals surface area contributed by atoms with Gasteiger partial charge in [0.05, 0.1) is 15.7 Å². The molecular weight excluding hydrogens is 413 g/mol. The Hall–Kier alpha value is -2.57. The predicted molar refractivity (Wildman–Crippen MR) is 113 cm³/mol. The molecular formula is C21H21Cl2N3O3. The zero-order valence-corrected chi connectivity index (χ0v) is 17.6. The van der Waals surface area contributed by atoms with Crippen molar-refractivity contribution in [3.63, 3.8) is 0 Å². The van der Waals surface area contributed by atoms with Crippen molar-refractivity contribution in [2.45, 2.75) is 32.2 Å². The van der Waals surface area contributed by atoms with Crippen molar-refractivity contribution in [3.05, 3.63) is 63.6 Å². The molecule has 152 valence electrons. The number of aryl methyl sites for hydroxylation is 2. The minimum absolute atomic E-state index is 0.261. The number of carbonyl (C=O) groups is 3. The number of halogens is 2. The Morgan fingerprint density at radius 3 is 2.52 bits per heavy atom. The van der Waals surface area contributed by atoms with Gasteiger partial charge in [0, 0.05) is 0 Å². The van der Waals surface area contributed by atoms with Gasteiger partial charge in [0.25, 0.3) is 5.91 Å². The molecule has 2 aromatic carbocycles. The van der Waals surface area contributed by atoms with Crippen LogP contribution < -0.4 is 10.6 Å². The molecule has 1 unspecified atom stereocenters. The fourth-order valence-corrected chi connectivity index (χ4v) is 3.66. The first kappa shape index (κ1) is 21.1. The highest BCUT2D eigenvalue weighted by Crippen LogP contribution is 2.33. The highest BCUT2D eigenvalue weighted by atomic mass is 35.5. The molecule has 0 bridgehead atoms. The third-order valence-electron chi connectivity index (χ3n) is 4.95. The van der Waals surface area contributed by atoms with Crippen molar-refractivity contribution in [1.29, 1.82) is 0 Å². The van der Waals surface area contributed by atoms with E-state index >= 15 is 0 Å². The summed E-state index contributed by atoms with van der Waals surface area (Å²) < 4.78 is 0. The van der Waals surface area contributed by atoms with Gasteiger partial charge >= 0.3 is 6.03 Å². The zero-order chi connectivity index (χ0) is 21.2. The van der Waals surface area contributed by atoms with E-state index in [1.807, 2.05) is 30.3 Å². The third kappa shape index (κ3) is 4.54. The van der Waals surface area contributed by atoms with Gasteiger partial charge in [-0.15, -0.1) is 0 Å². The number of hydrogen-bond acceptors (Lipinski definition) is 3. The summed E-state index contributed by atoms with van der Waals surface area (Å²) in [6.07, 6.45) is 1.05. The van der Waals surface area contributed by atoms with Gasteiger partial charge in [-0.1, -0.05) is 59.6 Å². The van der Waals surface area contributed by atoms with E-state index in [1.165, 1.54) is 0 Å². The van der Waals surface area contributed by atoms with Gasteiger partial charge in [0.15, 0.2) is 0 Å². The van der Waals surface area contributed by atoms with Crippen LogP contribution in [0.5, 0.6) is 0 Å². The Labute approximate surface area is 179 Å². The second kappa shape index (κ2) is 8.43. The Morgan fingerprint density at radius 1 is 1.14 bits per heavy atom. The van der Waals surface area contributed by atoms with Gasteiger partial charge < -0.3 is 10.6 Å². The van der Waals surface area contributed by atoms with Gasteiger partial charge in [-0.3, -0.25) is 14.5 Å². The number of nitrogens with zero attached hydrogens (tertiary/aromatic N) is 1. The molecule has 0 radical (unpaired) electrons. The molecule has 1 heterocycles. The summed E-state index contributed by atoms with van der Waals surface area (Å²) in [7, 11) is 0. The minimum Gasteiger partial charge on any atom is -0.323 e. The van der Waals surface area contributed by atoms with Crippen molar-refractivity contribution < 1.29 is 14.4 Å². The smallest absolute Gasteiger partial charge is 0.323 e. The molecule has 1 saturated heterocycles. The van der Waals surface area contributed by atoms with Gasteiger partial charge in [0.1, 0.15) is 12.1 Å². The van der Waals surface area contributed by atoms with E-state index in [0.29, 0.717) is 17.9 Å². The summed E-state index contributed by atoms with van der Waals surface area (Å²) in [6, 6.07) is 12.4. The van der Waals surface area contributed by atoms with Crippen molar-refractivity contribution in [2.24, 2.45) is 0 Å². The topological polar surface area (TPSA) is 78.5 Å². The van der Waals surface area contributed by atoms with Gasteiger partial charge in [0.2, 0.25) is 5.91 Å². The summed E-state index contributed by atoms with van der Waals surface area (Å²) in [5.41, 5.74) is 1.01. The number of imide groups is 1. The maximum Gasteiger partial charge on any atom is 0.325 e. The van der Waals surface area contributed by atoms with Crippen LogP contribution in [0.4, 0.5) is 10.5 Å². The van der Waals surface area contributed by atoms with E-state index in [0.717, 1.165) is 16.0 Å². The van der Waals surface area contributed by atoms with Crippen LogP contribution in [-0.2, 0) is 16.0 Å². The number of benzene rings is 2. The number of carbonyl (C=O) groups excluding carboxylic acids is 3. The Balaban J connectivity index is 1.67. The number of urea groups is 1. The molecule has 0 saturated carbocycles. The first-order chi connectivity index (χ1) is 13.7. The Kier molecular flexibility index (Phi) is 6.15. The van der Waals surface area contributed by atoms with Gasteiger partial charge in [-0.25, -0.2) is 4.79 Å². The SMILES string of the molecule is Cc1ccc(Cl)c(NC(=O)CN2C(=O)NC(C)(CCc3ccccc3)C2=O)c1Cl. The van der Waals surface area contributed by atoms with Crippen LogP contribution in [-0.4, -0.2) is 34.8 Å². The number of rotatable bonds is 6. The van der Waals surface area contributed by atoms with Gasteiger partial charge in [-0.2, -0.15) is 0 Å². The zero-order valence-electron chi connectivity index (χ0n) is 16.1. The van der Waals surface area contributed by atoms with Crippen molar-refractivity contribution in [1.82, 2.24) is 10.2 Å². The molecule has 1 aliphatic heterocycles. The third-order valence-corrected chi connectivity index (χ3v) is 5.75. The van der Waals surface area contributed by atoms with E-state index in [2.05, 4.69) is 10.6 Å². The van der Waals surface area contributed by atoms with Crippen LogP contribution in [0.25, 0.3) is 0 Å². The average molecular weight is 434 g/mol. The minimum atomic E-state index is -1.06. The first-order valence-electron chi connectivity index (χ1n) is 9.14. The second-order valence-corrected chi connectivity index (χ2v) is 8.03. The summed E-state index contributed by atoms with van der Waals surface area (Å²) in [5.74, 6) is -0.995. The molecule has 1 fully saturated rings. The van der Waals surface area contributed by atoms with Crippen molar-refractivity contribution in [2.75, 3.05) is 11.9 Å². The van der Waals surface area contributed by atoms with E-state index < -0.39 is 29.9 Å². The maximum atomic E-state index is 12.8. The maximum absolute atomic E-state index is 12.8. The molecule has 8 heteroatoms. The quantitative estimate of drug-likeness (QED) is 0.670. The number of anilines is 1. The molecule has 0 aliphatic carbocycles. The molecule has 1 aliphatic rings. The highest BCUT2D eigenvalue weighted by molar-refractivity contribution is 6.40. The fourth-order valence-electron chi connectivity index (χ4n) is 3.19. The lowest BCUT2D eigenvalue weighted by Gasteiger charge is -2.21. The molecule has 4 amide bonds. The van der Waals surface area contributed by atoms with Crippen molar-refractivity contribution >= 4 is 46.7 Å². The van der Waals surface area contributed by atoms with Crippen LogP contribution in [0.1, 0.15) is 24.5 Å². The summed E-state index contributed by atoms with van der Waals surface area (Å²) >= 11 is 12.3. The predicted octanol–water partition coefficient (Wildman–Crippen LogP) is 4.18. The summed E-state index contributed by atoms with van der Waals surface area (Å²) in [6.45, 7) is 3.03. The Bertz CT molecular complexity index is 965. The number of amides is 4.